The molecule has 0 fully saturated rings. The van der Waals surface area contributed by atoms with Gasteiger partial charge in [-0.25, -0.2) is 17.3 Å². The van der Waals surface area contributed by atoms with E-state index in [0.29, 0.717) is 0 Å². The van der Waals surface area contributed by atoms with Crippen LogP contribution >= 0.6 is 10.7 Å². The second kappa shape index (κ2) is 2.93. The predicted octanol–water partition coefficient (Wildman–Crippen LogP) is 1.40. The highest BCUT2D eigenvalue weighted by Gasteiger charge is 2.16. The maximum atomic E-state index is 12.7. The first-order valence-corrected chi connectivity index (χ1v) is 5.87. The smallest absolute Gasteiger partial charge is 0.237 e. The van der Waals surface area contributed by atoms with Crippen molar-refractivity contribution in [1.82, 2.24) is 9.61 Å². The maximum absolute atomic E-state index is 12.7. The molecule has 14 heavy (non-hydrogen) atoms. The fraction of sp³-hybridized carbons (Fsp3) is 0. The minimum Gasteiger partial charge on any atom is -0.237 e. The first-order valence-electron chi connectivity index (χ1n) is 3.56. The van der Waals surface area contributed by atoms with Crippen molar-refractivity contribution in [2.75, 3.05) is 0 Å². The van der Waals surface area contributed by atoms with Crippen LogP contribution in [0.1, 0.15) is 0 Å². The molecule has 0 aliphatic carbocycles. The van der Waals surface area contributed by atoms with Crippen molar-refractivity contribution in [3.05, 3.63) is 30.3 Å². The second-order valence-electron chi connectivity index (χ2n) is 2.62. The lowest BCUT2D eigenvalue weighted by Gasteiger charge is -1.94. The van der Waals surface area contributed by atoms with Crippen LogP contribution in [0.25, 0.3) is 5.52 Å². The number of hydrogen-bond donors (Lipinski definition) is 0. The largest absolute Gasteiger partial charge is 0.265 e. The molecule has 0 atom stereocenters. The Morgan fingerprint density at radius 3 is 2.79 bits per heavy atom. The predicted molar refractivity (Wildman–Crippen MR) is 48.2 cm³/mol. The number of aromatic nitrogens is 2. The summed E-state index contributed by atoms with van der Waals surface area (Å²) in [6.07, 6.45) is 2.15. The second-order valence-corrected chi connectivity index (χ2v) is 5.16. The molecule has 74 valence electrons. The molecule has 0 aliphatic rings. The summed E-state index contributed by atoms with van der Waals surface area (Å²) in [6.45, 7) is 0. The van der Waals surface area contributed by atoms with Crippen LogP contribution in [0.4, 0.5) is 4.39 Å². The van der Waals surface area contributed by atoms with E-state index < -0.39 is 14.9 Å². The monoisotopic (exact) mass is 234 g/mol. The molecule has 0 N–H and O–H groups in total. The number of nitrogens with zero attached hydrogens (tertiary/aromatic N) is 2. The third kappa shape index (κ3) is 1.46. The lowest BCUT2D eigenvalue weighted by atomic mass is 10.4. The first kappa shape index (κ1) is 9.42. The van der Waals surface area contributed by atoms with Crippen LogP contribution < -0.4 is 0 Å². The van der Waals surface area contributed by atoms with Crippen LogP contribution in [0, 0.1) is 5.82 Å². The SMILES string of the molecule is O=S(=O)(Cl)c1cnn2cc(F)ccc12. The van der Waals surface area contributed by atoms with Crippen molar-refractivity contribution in [1.29, 1.82) is 0 Å². The quantitative estimate of drug-likeness (QED) is 0.701. The molecule has 0 saturated heterocycles. The van der Waals surface area contributed by atoms with Gasteiger partial charge < -0.3 is 0 Å². The Morgan fingerprint density at radius 2 is 2.14 bits per heavy atom. The molecule has 0 bridgehead atoms. The number of halogens is 2. The Labute approximate surface area is 83.3 Å². The number of fused-ring (bicyclic) bond motifs is 1. The molecule has 0 saturated carbocycles. The molecule has 0 unspecified atom stereocenters. The van der Waals surface area contributed by atoms with E-state index in [2.05, 4.69) is 5.10 Å². The van der Waals surface area contributed by atoms with Crippen LogP contribution in [0.15, 0.2) is 29.4 Å². The Balaban J connectivity index is 2.83. The van der Waals surface area contributed by atoms with Crippen LogP contribution in [0.5, 0.6) is 0 Å². The fourth-order valence-electron chi connectivity index (χ4n) is 1.12. The van der Waals surface area contributed by atoms with Gasteiger partial charge in [-0.2, -0.15) is 5.10 Å². The van der Waals surface area contributed by atoms with Gasteiger partial charge in [0, 0.05) is 10.7 Å². The highest BCUT2D eigenvalue weighted by molar-refractivity contribution is 8.13. The van der Waals surface area contributed by atoms with Gasteiger partial charge in [0.2, 0.25) is 0 Å². The van der Waals surface area contributed by atoms with E-state index in [-0.39, 0.29) is 10.4 Å². The maximum Gasteiger partial charge on any atom is 0.265 e. The number of hydrogen-bond acceptors (Lipinski definition) is 3. The zero-order valence-electron chi connectivity index (χ0n) is 6.68. The summed E-state index contributed by atoms with van der Waals surface area (Å²) in [6, 6.07) is 2.44. The summed E-state index contributed by atoms with van der Waals surface area (Å²) in [5.41, 5.74) is 0.251. The highest BCUT2D eigenvalue weighted by Crippen LogP contribution is 2.20. The Bertz CT molecular complexity index is 593. The Kier molecular flexibility index (Phi) is 1.97. The van der Waals surface area contributed by atoms with Gasteiger partial charge in [-0.1, -0.05) is 0 Å². The minimum absolute atomic E-state index is 0.126. The van der Waals surface area contributed by atoms with E-state index in [0.717, 1.165) is 23.0 Å². The molecule has 0 aliphatic heterocycles. The summed E-state index contributed by atoms with van der Waals surface area (Å²) in [5.74, 6) is -0.501. The summed E-state index contributed by atoms with van der Waals surface area (Å²) in [7, 11) is 1.31. The molecular formula is C7H4ClFN2O2S. The van der Waals surface area contributed by atoms with Crippen molar-refractivity contribution in [3.8, 4) is 0 Å². The number of pyridine rings is 1. The average Bonchev–Trinajstić information content (AvgIpc) is 2.45. The molecule has 0 spiro atoms. The standard InChI is InChI=1S/C7H4ClFN2O2S/c8-14(12,13)7-3-10-11-4-5(9)1-2-6(7)11/h1-4H. The lowest BCUT2D eigenvalue weighted by Crippen LogP contribution is -1.91. The lowest BCUT2D eigenvalue weighted by molar-refractivity contribution is 0.609. The average molecular weight is 235 g/mol. The highest BCUT2D eigenvalue weighted by atomic mass is 35.7. The van der Waals surface area contributed by atoms with Gasteiger partial charge in [0.15, 0.2) is 0 Å². The third-order valence-corrected chi connectivity index (χ3v) is 3.05. The molecule has 7 heteroatoms. The van der Waals surface area contributed by atoms with Crippen molar-refractivity contribution >= 4 is 25.2 Å². The van der Waals surface area contributed by atoms with E-state index >= 15 is 0 Å². The molecule has 0 radical (unpaired) electrons. The normalized spacial score (nSPS) is 12.1. The fourth-order valence-corrected chi connectivity index (χ4v) is 2.06. The van der Waals surface area contributed by atoms with Crippen molar-refractivity contribution < 1.29 is 12.8 Å². The van der Waals surface area contributed by atoms with E-state index in [1.807, 2.05) is 0 Å². The van der Waals surface area contributed by atoms with Crippen LogP contribution in [-0.2, 0) is 9.05 Å². The van der Waals surface area contributed by atoms with E-state index in [1.54, 1.807) is 0 Å². The summed E-state index contributed by atoms with van der Waals surface area (Å²) < 4.78 is 35.8. The topological polar surface area (TPSA) is 51.4 Å². The van der Waals surface area contributed by atoms with Gasteiger partial charge in [-0.3, -0.25) is 0 Å². The molecule has 2 aromatic rings. The Morgan fingerprint density at radius 1 is 1.43 bits per heavy atom. The summed E-state index contributed by atoms with van der Waals surface area (Å²) >= 11 is 0. The summed E-state index contributed by atoms with van der Waals surface area (Å²) in [4.78, 5) is -0.126. The van der Waals surface area contributed by atoms with Gasteiger partial charge in [0.05, 0.1) is 17.9 Å². The minimum atomic E-state index is -3.83. The van der Waals surface area contributed by atoms with Gasteiger partial charge in [-0.15, -0.1) is 0 Å². The molecule has 2 heterocycles. The van der Waals surface area contributed by atoms with Crippen LogP contribution in [0.3, 0.4) is 0 Å². The zero-order valence-corrected chi connectivity index (χ0v) is 8.26. The van der Waals surface area contributed by atoms with Crippen LogP contribution in [0.2, 0.25) is 0 Å². The van der Waals surface area contributed by atoms with Crippen LogP contribution in [-0.4, -0.2) is 18.0 Å². The Hall–Kier alpha value is -1.14. The molecular weight excluding hydrogens is 231 g/mol. The molecule has 0 aromatic carbocycles. The number of rotatable bonds is 1. The third-order valence-electron chi connectivity index (χ3n) is 1.71. The molecule has 2 rings (SSSR count). The van der Waals surface area contributed by atoms with Gasteiger partial charge in [-0.05, 0) is 12.1 Å². The zero-order chi connectivity index (χ0) is 10.3. The first-order chi connectivity index (χ1) is 6.48. The molecule has 2 aromatic heterocycles. The molecule has 0 amide bonds. The van der Waals surface area contributed by atoms with Crippen molar-refractivity contribution in [2.24, 2.45) is 0 Å². The van der Waals surface area contributed by atoms with E-state index in [1.165, 1.54) is 6.07 Å². The van der Waals surface area contributed by atoms with Crippen molar-refractivity contribution in [3.63, 3.8) is 0 Å². The van der Waals surface area contributed by atoms with Gasteiger partial charge >= 0.3 is 0 Å². The van der Waals surface area contributed by atoms with Gasteiger partial charge in [0.25, 0.3) is 9.05 Å². The van der Waals surface area contributed by atoms with Crippen molar-refractivity contribution in [2.45, 2.75) is 4.90 Å². The summed E-state index contributed by atoms with van der Waals surface area (Å²) in [5, 5.41) is 3.66. The van der Waals surface area contributed by atoms with E-state index in [9.17, 15) is 12.8 Å². The van der Waals surface area contributed by atoms with E-state index in [4.69, 9.17) is 10.7 Å². The van der Waals surface area contributed by atoms with Gasteiger partial charge in [0.1, 0.15) is 10.7 Å². The molecule has 4 nitrogen and oxygen atoms in total.